The van der Waals surface area contributed by atoms with Crippen molar-refractivity contribution in [2.45, 2.75) is 38.8 Å². The Morgan fingerprint density at radius 1 is 1.55 bits per heavy atom. The second-order valence-electron chi connectivity index (χ2n) is 3.06. The maximum atomic E-state index is 9.48. The van der Waals surface area contributed by atoms with Crippen molar-refractivity contribution in [2.75, 3.05) is 0 Å². The number of hydrogen-bond donors (Lipinski definition) is 1. The molecule has 1 rings (SSSR count). The van der Waals surface area contributed by atoms with Gasteiger partial charge >= 0.3 is 0 Å². The van der Waals surface area contributed by atoms with Crippen molar-refractivity contribution in [3.63, 3.8) is 0 Å². The molecule has 0 aromatic heterocycles. The van der Waals surface area contributed by atoms with E-state index < -0.39 is 0 Å². The van der Waals surface area contributed by atoms with Crippen molar-refractivity contribution in [3.8, 4) is 0 Å². The molecule has 0 aliphatic carbocycles. The van der Waals surface area contributed by atoms with E-state index in [0.717, 1.165) is 6.42 Å². The maximum absolute atomic E-state index is 9.48. The number of hydrogen-bond acceptors (Lipinski definition) is 3. The molecule has 66 valence electrons. The summed E-state index contributed by atoms with van der Waals surface area (Å²) in [6.07, 6.45) is 0.161. The topological polar surface area (TPSA) is 38.7 Å². The van der Waals surface area contributed by atoms with Crippen LogP contribution in [0, 0.1) is 5.92 Å². The van der Waals surface area contributed by atoms with E-state index in [-0.39, 0.29) is 24.4 Å². The molecular formula is C7H13IO3. The number of rotatable bonds is 1. The minimum Gasteiger partial charge on any atom is -0.390 e. The first-order chi connectivity index (χ1) is 5.15. The zero-order valence-corrected chi connectivity index (χ0v) is 8.82. The van der Waals surface area contributed by atoms with Crippen LogP contribution in [-0.4, -0.2) is 23.6 Å². The van der Waals surface area contributed by atoms with Crippen LogP contribution in [0.25, 0.3) is 0 Å². The molecule has 1 saturated heterocycles. The molecule has 0 amide bonds. The lowest BCUT2D eigenvalue weighted by molar-refractivity contribution is -0.186. The molecule has 1 N–H and O–H groups in total. The van der Waals surface area contributed by atoms with Crippen molar-refractivity contribution in [1.82, 2.24) is 0 Å². The normalized spacial score (nSPS) is 45.8. The van der Waals surface area contributed by atoms with Gasteiger partial charge < -0.3 is 9.84 Å². The molecule has 1 aliphatic rings. The van der Waals surface area contributed by atoms with Gasteiger partial charge in [-0.3, -0.25) is 3.07 Å². The quantitative estimate of drug-likeness (QED) is 0.735. The molecule has 0 radical (unpaired) electrons. The van der Waals surface area contributed by atoms with Crippen LogP contribution < -0.4 is 0 Å². The van der Waals surface area contributed by atoms with Crippen molar-refractivity contribution in [3.05, 3.63) is 0 Å². The highest BCUT2D eigenvalue weighted by atomic mass is 127. The Labute approximate surface area is 80.8 Å². The molecule has 0 aromatic rings. The molecule has 1 fully saturated rings. The number of halogens is 1. The zero-order chi connectivity index (χ0) is 8.43. The highest BCUT2D eigenvalue weighted by molar-refractivity contribution is 14.1. The summed E-state index contributed by atoms with van der Waals surface area (Å²) in [5, 5.41) is 9.48. The Morgan fingerprint density at radius 2 is 2.18 bits per heavy atom. The number of aliphatic hydroxyl groups excluding tert-OH is 1. The third-order valence-electron chi connectivity index (χ3n) is 2.09. The van der Waals surface area contributed by atoms with Gasteiger partial charge in [0.1, 0.15) is 23.0 Å². The second kappa shape index (κ2) is 4.02. The minimum atomic E-state index is -0.349. The van der Waals surface area contributed by atoms with Gasteiger partial charge in [-0.05, 0) is 12.8 Å². The summed E-state index contributed by atoms with van der Waals surface area (Å²) in [5.41, 5.74) is 0. The van der Waals surface area contributed by atoms with Gasteiger partial charge in [0, 0.05) is 6.42 Å². The first-order valence-electron chi connectivity index (χ1n) is 3.76. The van der Waals surface area contributed by atoms with Gasteiger partial charge in [-0.15, -0.1) is 0 Å². The predicted molar refractivity (Wildman–Crippen MR) is 49.2 cm³/mol. The summed E-state index contributed by atoms with van der Waals surface area (Å²) in [7, 11) is 0. The summed E-state index contributed by atoms with van der Waals surface area (Å²) in [6.45, 7) is 3.87. The second-order valence-corrected chi connectivity index (χ2v) is 3.57. The van der Waals surface area contributed by atoms with E-state index in [1.807, 2.05) is 36.9 Å². The van der Waals surface area contributed by atoms with Gasteiger partial charge in [0.25, 0.3) is 0 Å². The zero-order valence-electron chi connectivity index (χ0n) is 6.66. The van der Waals surface area contributed by atoms with E-state index in [4.69, 9.17) is 7.80 Å². The first-order valence-corrected chi connectivity index (χ1v) is 4.64. The van der Waals surface area contributed by atoms with Crippen molar-refractivity contribution < 1.29 is 12.9 Å². The number of ether oxygens (including phenoxy) is 1. The predicted octanol–water partition coefficient (Wildman–Crippen LogP) is 1.48. The van der Waals surface area contributed by atoms with Gasteiger partial charge in [-0.2, -0.15) is 0 Å². The van der Waals surface area contributed by atoms with Crippen LogP contribution >= 0.6 is 23.0 Å². The Morgan fingerprint density at radius 3 is 2.64 bits per heavy atom. The molecule has 1 heterocycles. The molecule has 0 spiro atoms. The van der Waals surface area contributed by atoms with Crippen LogP contribution in [-0.2, 0) is 7.80 Å². The van der Waals surface area contributed by atoms with Crippen molar-refractivity contribution in [2.24, 2.45) is 5.92 Å². The molecule has 1 aliphatic heterocycles. The third-order valence-corrected chi connectivity index (χ3v) is 2.66. The summed E-state index contributed by atoms with van der Waals surface area (Å²) in [4.78, 5) is 0. The first kappa shape index (κ1) is 9.70. The molecular weight excluding hydrogens is 259 g/mol. The molecule has 0 unspecified atom stereocenters. The highest BCUT2D eigenvalue weighted by Crippen LogP contribution is 2.26. The van der Waals surface area contributed by atoms with Gasteiger partial charge in [0.15, 0.2) is 6.29 Å². The average molecular weight is 272 g/mol. The maximum Gasteiger partial charge on any atom is 0.169 e. The van der Waals surface area contributed by atoms with Crippen LogP contribution in [0.4, 0.5) is 0 Å². The lowest BCUT2D eigenvalue weighted by Crippen LogP contribution is -2.42. The fourth-order valence-electron chi connectivity index (χ4n) is 1.34. The monoisotopic (exact) mass is 272 g/mol. The number of aliphatic hydroxyl groups is 1. The highest BCUT2D eigenvalue weighted by Gasteiger charge is 2.32. The minimum absolute atomic E-state index is 0.112. The summed E-state index contributed by atoms with van der Waals surface area (Å²) in [6, 6.07) is 0. The van der Waals surface area contributed by atoms with E-state index in [0.29, 0.717) is 0 Å². The molecule has 0 saturated carbocycles. The third kappa shape index (κ3) is 2.27. The van der Waals surface area contributed by atoms with Crippen LogP contribution in [0.2, 0.25) is 0 Å². The molecule has 4 heteroatoms. The van der Waals surface area contributed by atoms with E-state index in [2.05, 4.69) is 0 Å². The summed E-state index contributed by atoms with van der Waals surface area (Å²) < 4.78 is 10.4. The van der Waals surface area contributed by atoms with Gasteiger partial charge in [-0.1, -0.05) is 6.92 Å². The van der Waals surface area contributed by atoms with Crippen molar-refractivity contribution >= 4 is 23.0 Å². The lowest BCUT2D eigenvalue weighted by atomic mass is 9.94. The molecule has 11 heavy (non-hydrogen) atoms. The van der Waals surface area contributed by atoms with Crippen LogP contribution in [0.3, 0.4) is 0 Å². The largest absolute Gasteiger partial charge is 0.390 e. The Bertz CT molecular complexity index is 119. The molecule has 0 bridgehead atoms. The molecule has 0 aromatic carbocycles. The Balaban J connectivity index is 2.47. The standard InChI is InChI=1S/C7H13IO3/c1-4-3-6(11-8)10-5(2)7(4)9/h4-7,9H,3H2,1-2H3/t4-,5-,6-,7+/m0/s1. The van der Waals surface area contributed by atoms with Gasteiger partial charge in [0.2, 0.25) is 0 Å². The van der Waals surface area contributed by atoms with Gasteiger partial charge in [-0.25, -0.2) is 0 Å². The fourth-order valence-corrected chi connectivity index (χ4v) is 1.67. The van der Waals surface area contributed by atoms with E-state index in [9.17, 15) is 5.11 Å². The van der Waals surface area contributed by atoms with Gasteiger partial charge in [0.05, 0.1) is 12.2 Å². The Kier molecular flexibility index (Phi) is 3.54. The molecule has 4 atom stereocenters. The summed E-state index contributed by atoms with van der Waals surface area (Å²) >= 11 is 1.83. The summed E-state index contributed by atoms with van der Waals surface area (Å²) in [5.74, 6) is 0.263. The van der Waals surface area contributed by atoms with Crippen LogP contribution in [0.5, 0.6) is 0 Å². The Hall–Kier alpha value is 0.610. The molecule has 3 nitrogen and oxygen atoms in total. The SMILES string of the molecule is C[C@@H]1O[C@@H](OI)C[C@H](C)[C@H]1O. The van der Waals surface area contributed by atoms with E-state index in [1.54, 1.807) is 0 Å². The van der Waals surface area contributed by atoms with Crippen LogP contribution in [0.1, 0.15) is 20.3 Å². The van der Waals surface area contributed by atoms with Crippen molar-refractivity contribution in [1.29, 1.82) is 0 Å². The lowest BCUT2D eigenvalue weighted by Gasteiger charge is -2.34. The van der Waals surface area contributed by atoms with E-state index >= 15 is 0 Å². The van der Waals surface area contributed by atoms with Crippen LogP contribution in [0.15, 0.2) is 0 Å². The average Bonchev–Trinajstić information content (AvgIpc) is 1.99. The van der Waals surface area contributed by atoms with E-state index in [1.165, 1.54) is 0 Å². The smallest absolute Gasteiger partial charge is 0.169 e. The fraction of sp³-hybridized carbons (Fsp3) is 1.00.